The average molecular weight is 322 g/mol. The lowest BCUT2D eigenvalue weighted by Crippen LogP contribution is -2.05. The van der Waals surface area contributed by atoms with Gasteiger partial charge in [-0.2, -0.15) is 0 Å². The third-order valence-corrected chi connectivity index (χ3v) is 4.82. The second kappa shape index (κ2) is 5.74. The summed E-state index contributed by atoms with van der Waals surface area (Å²) in [5.41, 5.74) is 4.31. The van der Waals surface area contributed by atoms with E-state index in [1.54, 1.807) is 11.3 Å². The summed E-state index contributed by atoms with van der Waals surface area (Å²) in [6, 6.07) is 11.0. The van der Waals surface area contributed by atoms with E-state index in [0.29, 0.717) is 12.0 Å². The van der Waals surface area contributed by atoms with Gasteiger partial charge in [0.05, 0.1) is 21.3 Å². The molecule has 116 valence electrons. The Hall–Kier alpha value is -2.27. The van der Waals surface area contributed by atoms with Gasteiger partial charge in [-0.1, -0.05) is 23.8 Å². The van der Waals surface area contributed by atoms with Crippen molar-refractivity contribution in [2.45, 2.75) is 32.7 Å². The fraction of sp³-hybridized carbons (Fsp3) is 0.278. The number of nitrogens with zero attached hydrogens (tertiary/aromatic N) is 3. The molecule has 1 fully saturated rings. The van der Waals surface area contributed by atoms with Crippen molar-refractivity contribution < 1.29 is 0 Å². The SMILES string of the molecule is Cc1cccc(-c2nc(C)sc2-c2ccnc(NC3CC3)n2)c1. The van der Waals surface area contributed by atoms with E-state index in [1.165, 1.54) is 18.4 Å². The lowest BCUT2D eigenvalue weighted by Gasteiger charge is -2.06. The summed E-state index contributed by atoms with van der Waals surface area (Å²) in [5, 5.41) is 4.41. The number of nitrogens with one attached hydrogen (secondary N) is 1. The molecule has 2 heterocycles. The van der Waals surface area contributed by atoms with Crippen molar-refractivity contribution in [3.8, 4) is 21.8 Å². The molecule has 0 radical (unpaired) electrons. The third-order valence-electron chi connectivity index (χ3n) is 3.82. The second-order valence-corrected chi connectivity index (χ2v) is 7.17. The molecule has 0 unspecified atom stereocenters. The standard InChI is InChI=1S/C18H18N4S/c1-11-4-3-5-13(10-11)16-17(23-12(2)20-16)15-8-9-19-18(22-15)21-14-6-7-14/h3-5,8-10,14H,6-7H2,1-2H3,(H,19,21,22). The number of anilines is 1. The normalized spacial score (nSPS) is 14.0. The van der Waals surface area contributed by atoms with Crippen molar-refractivity contribution in [3.05, 3.63) is 47.1 Å². The zero-order chi connectivity index (χ0) is 15.8. The van der Waals surface area contributed by atoms with Gasteiger partial charge in [-0.15, -0.1) is 11.3 Å². The van der Waals surface area contributed by atoms with E-state index in [9.17, 15) is 0 Å². The fourth-order valence-electron chi connectivity index (χ4n) is 2.55. The monoisotopic (exact) mass is 322 g/mol. The first kappa shape index (κ1) is 14.3. The van der Waals surface area contributed by atoms with Crippen LogP contribution >= 0.6 is 11.3 Å². The van der Waals surface area contributed by atoms with Crippen molar-refractivity contribution in [2.75, 3.05) is 5.32 Å². The van der Waals surface area contributed by atoms with E-state index in [1.807, 2.05) is 19.2 Å². The van der Waals surface area contributed by atoms with Crippen LogP contribution in [-0.4, -0.2) is 21.0 Å². The van der Waals surface area contributed by atoms with Crippen LogP contribution in [0.15, 0.2) is 36.5 Å². The van der Waals surface area contributed by atoms with E-state index in [2.05, 4.69) is 41.5 Å². The van der Waals surface area contributed by atoms with E-state index in [4.69, 9.17) is 9.97 Å². The van der Waals surface area contributed by atoms with Crippen LogP contribution in [0.2, 0.25) is 0 Å². The molecule has 0 amide bonds. The predicted molar refractivity (Wildman–Crippen MR) is 94.7 cm³/mol. The van der Waals surface area contributed by atoms with Gasteiger partial charge >= 0.3 is 0 Å². The Morgan fingerprint density at radius 3 is 2.78 bits per heavy atom. The van der Waals surface area contributed by atoms with Crippen molar-refractivity contribution in [1.82, 2.24) is 15.0 Å². The molecule has 4 nitrogen and oxygen atoms in total. The smallest absolute Gasteiger partial charge is 0.223 e. The average Bonchev–Trinajstić information content (AvgIpc) is 3.26. The molecule has 0 bridgehead atoms. The highest BCUT2D eigenvalue weighted by molar-refractivity contribution is 7.15. The lowest BCUT2D eigenvalue weighted by atomic mass is 10.1. The van der Waals surface area contributed by atoms with E-state index in [-0.39, 0.29) is 0 Å². The molecular weight excluding hydrogens is 304 g/mol. The Morgan fingerprint density at radius 2 is 2.00 bits per heavy atom. The maximum absolute atomic E-state index is 4.74. The predicted octanol–water partition coefficient (Wildman–Crippen LogP) is 4.46. The fourth-order valence-corrected chi connectivity index (χ4v) is 3.46. The second-order valence-electron chi connectivity index (χ2n) is 5.96. The number of aryl methyl sites for hydroxylation is 2. The molecule has 2 aromatic heterocycles. The molecule has 5 heteroatoms. The van der Waals surface area contributed by atoms with Crippen LogP contribution < -0.4 is 5.32 Å². The van der Waals surface area contributed by atoms with Crippen molar-refractivity contribution in [2.24, 2.45) is 0 Å². The zero-order valence-electron chi connectivity index (χ0n) is 13.2. The quantitative estimate of drug-likeness (QED) is 0.770. The molecule has 0 saturated heterocycles. The zero-order valence-corrected chi connectivity index (χ0v) is 14.0. The van der Waals surface area contributed by atoms with Gasteiger partial charge in [-0.3, -0.25) is 0 Å². The third kappa shape index (κ3) is 3.10. The Labute approximate surface area is 139 Å². The highest BCUT2D eigenvalue weighted by Gasteiger charge is 2.22. The molecule has 1 N–H and O–H groups in total. The number of benzene rings is 1. The molecular formula is C18H18N4S. The first-order valence-electron chi connectivity index (χ1n) is 7.83. The van der Waals surface area contributed by atoms with Gasteiger partial charge in [0.25, 0.3) is 0 Å². The highest BCUT2D eigenvalue weighted by Crippen LogP contribution is 2.36. The van der Waals surface area contributed by atoms with Crippen molar-refractivity contribution in [1.29, 1.82) is 0 Å². The molecule has 1 saturated carbocycles. The number of hydrogen-bond acceptors (Lipinski definition) is 5. The molecule has 0 atom stereocenters. The van der Waals surface area contributed by atoms with Gasteiger partial charge in [0.1, 0.15) is 0 Å². The van der Waals surface area contributed by atoms with Crippen LogP contribution in [-0.2, 0) is 0 Å². The van der Waals surface area contributed by atoms with Crippen LogP contribution in [0, 0.1) is 13.8 Å². The number of hydrogen-bond donors (Lipinski definition) is 1. The van der Waals surface area contributed by atoms with Crippen LogP contribution in [0.5, 0.6) is 0 Å². The summed E-state index contributed by atoms with van der Waals surface area (Å²) in [7, 11) is 0. The van der Waals surface area contributed by atoms with E-state index in [0.717, 1.165) is 26.8 Å². The Bertz CT molecular complexity index is 852. The van der Waals surface area contributed by atoms with Gasteiger partial charge in [0.2, 0.25) is 5.95 Å². The van der Waals surface area contributed by atoms with E-state index >= 15 is 0 Å². The van der Waals surface area contributed by atoms with Gasteiger partial charge in [0, 0.05) is 17.8 Å². The summed E-state index contributed by atoms with van der Waals surface area (Å²) >= 11 is 1.68. The van der Waals surface area contributed by atoms with Gasteiger partial charge < -0.3 is 5.32 Å². The van der Waals surface area contributed by atoms with Gasteiger partial charge in [-0.05, 0) is 38.8 Å². The lowest BCUT2D eigenvalue weighted by molar-refractivity contribution is 1.06. The van der Waals surface area contributed by atoms with Crippen LogP contribution in [0.1, 0.15) is 23.4 Å². The molecule has 0 aliphatic heterocycles. The minimum absolute atomic E-state index is 0.546. The maximum Gasteiger partial charge on any atom is 0.223 e. The van der Waals surface area contributed by atoms with E-state index < -0.39 is 0 Å². The molecule has 3 aromatic rings. The van der Waals surface area contributed by atoms with Crippen LogP contribution in [0.25, 0.3) is 21.8 Å². The Morgan fingerprint density at radius 1 is 1.13 bits per heavy atom. The summed E-state index contributed by atoms with van der Waals surface area (Å²) in [5.74, 6) is 0.714. The summed E-state index contributed by atoms with van der Waals surface area (Å²) in [4.78, 5) is 14.9. The largest absolute Gasteiger partial charge is 0.351 e. The summed E-state index contributed by atoms with van der Waals surface area (Å²) < 4.78 is 0. The summed E-state index contributed by atoms with van der Waals surface area (Å²) in [6.45, 7) is 4.14. The number of rotatable bonds is 4. The Kier molecular flexibility index (Phi) is 3.58. The molecule has 23 heavy (non-hydrogen) atoms. The highest BCUT2D eigenvalue weighted by atomic mass is 32.1. The molecule has 1 aliphatic carbocycles. The minimum Gasteiger partial charge on any atom is -0.351 e. The molecule has 0 spiro atoms. The van der Waals surface area contributed by atoms with Gasteiger partial charge in [-0.25, -0.2) is 15.0 Å². The van der Waals surface area contributed by atoms with Crippen LogP contribution in [0.3, 0.4) is 0 Å². The van der Waals surface area contributed by atoms with Crippen LogP contribution in [0.4, 0.5) is 5.95 Å². The van der Waals surface area contributed by atoms with Gasteiger partial charge in [0.15, 0.2) is 0 Å². The number of thiazole rings is 1. The summed E-state index contributed by atoms with van der Waals surface area (Å²) in [6.07, 6.45) is 4.24. The molecule has 4 rings (SSSR count). The van der Waals surface area contributed by atoms with Crippen molar-refractivity contribution in [3.63, 3.8) is 0 Å². The van der Waals surface area contributed by atoms with Crippen molar-refractivity contribution >= 4 is 17.3 Å². The Balaban J connectivity index is 1.77. The topological polar surface area (TPSA) is 50.7 Å². The first-order chi connectivity index (χ1) is 11.2. The number of aromatic nitrogens is 3. The minimum atomic E-state index is 0.546. The maximum atomic E-state index is 4.74. The first-order valence-corrected chi connectivity index (χ1v) is 8.65. The molecule has 1 aliphatic rings. The molecule has 1 aromatic carbocycles.